The van der Waals surface area contributed by atoms with Crippen molar-refractivity contribution in [2.45, 2.75) is 12.6 Å². The van der Waals surface area contributed by atoms with Crippen molar-refractivity contribution in [2.75, 3.05) is 7.11 Å². The molecule has 0 saturated carbocycles. The molecular formula is C16H17BrN2O2. The van der Waals surface area contributed by atoms with Crippen LogP contribution in [0.25, 0.3) is 0 Å². The Morgan fingerprint density at radius 3 is 2.62 bits per heavy atom. The van der Waals surface area contributed by atoms with Crippen molar-refractivity contribution in [3.05, 3.63) is 64.1 Å². The minimum Gasteiger partial charge on any atom is -0.497 e. The van der Waals surface area contributed by atoms with Crippen molar-refractivity contribution in [1.29, 1.82) is 0 Å². The van der Waals surface area contributed by atoms with Crippen LogP contribution in [0.4, 0.5) is 0 Å². The summed E-state index contributed by atoms with van der Waals surface area (Å²) in [5, 5.41) is 3.18. The van der Waals surface area contributed by atoms with Gasteiger partial charge in [-0.3, -0.25) is 10.1 Å². The molecule has 0 radical (unpaired) electrons. The van der Waals surface area contributed by atoms with Crippen LogP contribution in [0.5, 0.6) is 5.75 Å². The molecule has 4 nitrogen and oxygen atoms in total. The lowest BCUT2D eigenvalue weighted by atomic mass is 10.1. The van der Waals surface area contributed by atoms with Crippen LogP contribution in [0.1, 0.15) is 17.2 Å². The Hall–Kier alpha value is -1.85. The van der Waals surface area contributed by atoms with Crippen molar-refractivity contribution in [2.24, 2.45) is 5.73 Å². The van der Waals surface area contributed by atoms with Crippen LogP contribution >= 0.6 is 15.9 Å². The lowest BCUT2D eigenvalue weighted by Gasteiger charge is -2.17. The topological polar surface area (TPSA) is 64.3 Å². The molecule has 0 fully saturated rings. The van der Waals surface area contributed by atoms with Crippen molar-refractivity contribution >= 4 is 21.8 Å². The predicted octanol–water partition coefficient (Wildman–Crippen LogP) is 2.77. The predicted molar refractivity (Wildman–Crippen MR) is 85.9 cm³/mol. The van der Waals surface area contributed by atoms with E-state index < -0.39 is 11.9 Å². The molecule has 0 heterocycles. The Morgan fingerprint density at radius 2 is 2.00 bits per heavy atom. The molecule has 0 bridgehead atoms. The molecule has 0 aliphatic carbocycles. The molecule has 110 valence electrons. The number of amides is 1. The summed E-state index contributed by atoms with van der Waals surface area (Å²) in [5.41, 5.74) is 7.34. The van der Waals surface area contributed by atoms with E-state index in [0.717, 1.165) is 21.3 Å². The first kappa shape index (κ1) is 15.5. The second-order valence-corrected chi connectivity index (χ2v) is 5.44. The molecule has 2 rings (SSSR count). The minimum atomic E-state index is -0.524. The molecular weight excluding hydrogens is 332 g/mol. The van der Waals surface area contributed by atoms with Gasteiger partial charge in [-0.2, -0.15) is 0 Å². The first-order valence-electron chi connectivity index (χ1n) is 6.52. The number of ether oxygens (including phenoxy) is 1. The fourth-order valence-electron chi connectivity index (χ4n) is 2.05. The number of nitrogens with one attached hydrogen (secondary N) is 1. The molecule has 5 heteroatoms. The molecule has 0 aromatic heterocycles. The maximum Gasteiger partial charge on any atom is 0.239 e. The highest BCUT2D eigenvalue weighted by Gasteiger charge is 2.17. The van der Waals surface area contributed by atoms with Gasteiger partial charge < -0.3 is 10.5 Å². The van der Waals surface area contributed by atoms with Gasteiger partial charge in [-0.1, -0.05) is 46.3 Å². The molecule has 0 spiro atoms. The van der Waals surface area contributed by atoms with Crippen molar-refractivity contribution < 1.29 is 9.53 Å². The van der Waals surface area contributed by atoms with E-state index in [0.29, 0.717) is 6.54 Å². The minimum absolute atomic E-state index is 0.403. The third-order valence-corrected chi connectivity index (χ3v) is 3.94. The van der Waals surface area contributed by atoms with Crippen LogP contribution in [-0.4, -0.2) is 13.0 Å². The summed E-state index contributed by atoms with van der Waals surface area (Å²) in [4.78, 5) is 11.7. The SMILES string of the molecule is COc1ccc(Br)c(CNC(C(N)=O)c2ccccc2)c1. The largest absolute Gasteiger partial charge is 0.497 e. The summed E-state index contributed by atoms with van der Waals surface area (Å²) in [6, 6.07) is 14.6. The zero-order chi connectivity index (χ0) is 15.2. The zero-order valence-electron chi connectivity index (χ0n) is 11.7. The van der Waals surface area contributed by atoms with Crippen LogP contribution in [0, 0.1) is 0 Å². The van der Waals surface area contributed by atoms with Gasteiger partial charge in [-0.25, -0.2) is 0 Å². The van der Waals surface area contributed by atoms with Crippen LogP contribution in [0.3, 0.4) is 0 Å². The molecule has 0 aliphatic rings. The molecule has 1 unspecified atom stereocenters. The van der Waals surface area contributed by atoms with Crippen LogP contribution in [0.15, 0.2) is 53.0 Å². The maximum atomic E-state index is 11.7. The van der Waals surface area contributed by atoms with E-state index >= 15 is 0 Å². The van der Waals surface area contributed by atoms with E-state index in [1.807, 2.05) is 48.5 Å². The number of carbonyl (C=O) groups is 1. The highest BCUT2D eigenvalue weighted by Crippen LogP contribution is 2.23. The number of hydrogen-bond acceptors (Lipinski definition) is 3. The smallest absolute Gasteiger partial charge is 0.239 e. The third-order valence-electron chi connectivity index (χ3n) is 3.17. The van der Waals surface area contributed by atoms with Gasteiger partial charge in [-0.15, -0.1) is 0 Å². The van der Waals surface area contributed by atoms with Gasteiger partial charge >= 0.3 is 0 Å². The number of rotatable bonds is 6. The Bertz CT molecular complexity index is 617. The highest BCUT2D eigenvalue weighted by atomic mass is 79.9. The van der Waals surface area contributed by atoms with E-state index in [1.54, 1.807) is 7.11 Å². The van der Waals surface area contributed by atoms with E-state index in [4.69, 9.17) is 10.5 Å². The van der Waals surface area contributed by atoms with Gasteiger partial charge in [0.1, 0.15) is 11.8 Å². The first-order chi connectivity index (χ1) is 10.1. The Balaban J connectivity index is 2.14. The normalized spacial score (nSPS) is 11.9. The van der Waals surface area contributed by atoms with E-state index in [-0.39, 0.29) is 0 Å². The number of carbonyl (C=O) groups excluding carboxylic acids is 1. The molecule has 2 aromatic carbocycles. The third kappa shape index (κ3) is 4.06. The Morgan fingerprint density at radius 1 is 1.29 bits per heavy atom. The standard InChI is InChI=1S/C16H17BrN2O2/c1-21-13-7-8-14(17)12(9-13)10-19-15(16(18)20)11-5-3-2-4-6-11/h2-9,15,19H,10H2,1H3,(H2,18,20). The van der Waals surface area contributed by atoms with Crippen molar-refractivity contribution in [3.63, 3.8) is 0 Å². The quantitative estimate of drug-likeness (QED) is 0.843. The van der Waals surface area contributed by atoms with Gasteiger partial charge in [0.25, 0.3) is 0 Å². The first-order valence-corrected chi connectivity index (χ1v) is 7.31. The average Bonchev–Trinajstić information content (AvgIpc) is 2.50. The molecule has 0 saturated heterocycles. The second-order valence-electron chi connectivity index (χ2n) is 4.58. The van der Waals surface area contributed by atoms with Gasteiger partial charge in [0.2, 0.25) is 5.91 Å². The number of methoxy groups -OCH3 is 1. The van der Waals surface area contributed by atoms with Gasteiger partial charge in [-0.05, 0) is 29.3 Å². The molecule has 1 atom stereocenters. The number of benzene rings is 2. The summed E-state index contributed by atoms with van der Waals surface area (Å²) in [6.45, 7) is 0.500. The van der Waals surface area contributed by atoms with Crippen LogP contribution in [0.2, 0.25) is 0 Å². The molecule has 0 aliphatic heterocycles. The lowest BCUT2D eigenvalue weighted by molar-refractivity contribution is -0.120. The lowest BCUT2D eigenvalue weighted by Crippen LogP contribution is -2.33. The maximum absolute atomic E-state index is 11.7. The van der Waals surface area contributed by atoms with Gasteiger partial charge in [0.15, 0.2) is 0 Å². The van der Waals surface area contributed by atoms with Gasteiger partial charge in [0, 0.05) is 11.0 Å². The zero-order valence-corrected chi connectivity index (χ0v) is 13.3. The van der Waals surface area contributed by atoms with E-state index in [9.17, 15) is 4.79 Å². The number of hydrogen-bond donors (Lipinski definition) is 2. The van der Waals surface area contributed by atoms with Crippen LogP contribution in [-0.2, 0) is 11.3 Å². The monoisotopic (exact) mass is 348 g/mol. The number of nitrogens with two attached hydrogens (primary N) is 1. The molecule has 21 heavy (non-hydrogen) atoms. The number of halogens is 1. The van der Waals surface area contributed by atoms with E-state index in [1.165, 1.54) is 0 Å². The van der Waals surface area contributed by atoms with E-state index in [2.05, 4.69) is 21.2 Å². The summed E-state index contributed by atoms with van der Waals surface area (Å²) in [7, 11) is 1.62. The van der Waals surface area contributed by atoms with Crippen molar-refractivity contribution in [3.8, 4) is 5.75 Å². The highest BCUT2D eigenvalue weighted by molar-refractivity contribution is 9.10. The summed E-state index contributed by atoms with van der Waals surface area (Å²) >= 11 is 3.49. The second kappa shape index (κ2) is 7.24. The number of primary amides is 1. The molecule has 2 aromatic rings. The Kier molecular flexibility index (Phi) is 5.36. The van der Waals surface area contributed by atoms with Crippen molar-refractivity contribution in [1.82, 2.24) is 5.32 Å². The Labute approximate surface area is 132 Å². The van der Waals surface area contributed by atoms with Gasteiger partial charge in [0.05, 0.1) is 7.11 Å². The van der Waals surface area contributed by atoms with Crippen LogP contribution < -0.4 is 15.8 Å². The fraction of sp³-hybridized carbons (Fsp3) is 0.188. The molecule has 3 N–H and O–H groups in total. The average molecular weight is 349 g/mol. The fourth-order valence-corrected chi connectivity index (χ4v) is 2.44. The molecule has 1 amide bonds. The summed E-state index contributed by atoms with van der Waals surface area (Å²) in [6.07, 6.45) is 0. The summed E-state index contributed by atoms with van der Waals surface area (Å²) in [5.74, 6) is 0.366. The summed E-state index contributed by atoms with van der Waals surface area (Å²) < 4.78 is 6.16.